The minimum Gasteiger partial charge on any atom is -0.385 e. The standard InChI is InChI=1S/C14H21N3O/c15-12-6-4-10(5-7-12)9-17-13-3-1-2-11(8-13)14(16)18/h1-3,8,10,12,17H,4-7,9,15H2,(H2,16,18)/t10-,12-. The fraction of sp³-hybridized carbons (Fsp3) is 0.500. The molecule has 1 saturated carbocycles. The van der Waals surface area contributed by atoms with Gasteiger partial charge in [0.25, 0.3) is 0 Å². The Balaban J connectivity index is 1.86. The third-order valence-corrected chi connectivity index (χ3v) is 3.63. The minimum absolute atomic E-state index is 0.387. The summed E-state index contributed by atoms with van der Waals surface area (Å²) in [7, 11) is 0. The molecule has 0 radical (unpaired) electrons. The van der Waals surface area contributed by atoms with Crippen LogP contribution < -0.4 is 16.8 Å². The summed E-state index contributed by atoms with van der Waals surface area (Å²) in [4.78, 5) is 11.1. The number of nitrogens with two attached hydrogens (primary N) is 2. The van der Waals surface area contributed by atoms with Gasteiger partial charge in [0.15, 0.2) is 0 Å². The number of nitrogens with one attached hydrogen (secondary N) is 1. The van der Waals surface area contributed by atoms with Gasteiger partial charge in [0.05, 0.1) is 0 Å². The number of primary amides is 1. The van der Waals surface area contributed by atoms with Gasteiger partial charge in [-0.05, 0) is 49.8 Å². The number of benzene rings is 1. The maximum atomic E-state index is 11.1. The largest absolute Gasteiger partial charge is 0.385 e. The van der Waals surface area contributed by atoms with Crippen molar-refractivity contribution in [3.8, 4) is 0 Å². The number of hydrogen-bond acceptors (Lipinski definition) is 3. The van der Waals surface area contributed by atoms with E-state index in [0.717, 1.165) is 25.1 Å². The lowest BCUT2D eigenvalue weighted by Crippen LogP contribution is -2.29. The number of hydrogen-bond donors (Lipinski definition) is 3. The Labute approximate surface area is 108 Å². The van der Waals surface area contributed by atoms with E-state index in [9.17, 15) is 4.79 Å². The zero-order chi connectivity index (χ0) is 13.0. The van der Waals surface area contributed by atoms with Crippen LogP contribution in [0.25, 0.3) is 0 Å². The second-order valence-electron chi connectivity index (χ2n) is 5.11. The molecule has 1 aromatic rings. The van der Waals surface area contributed by atoms with Gasteiger partial charge in [-0.3, -0.25) is 4.79 Å². The smallest absolute Gasteiger partial charge is 0.248 e. The van der Waals surface area contributed by atoms with Crippen LogP contribution in [-0.2, 0) is 0 Å². The van der Waals surface area contributed by atoms with Gasteiger partial charge in [-0.25, -0.2) is 0 Å². The Morgan fingerprint density at radius 2 is 2.00 bits per heavy atom. The summed E-state index contributed by atoms with van der Waals surface area (Å²) in [5.41, 5.74) is 12.6. The Bertz CT molecular complexity index is 411. The van der Waals surface area contributed by atoms with Gasteiger partial charge >= 0.3 is 0 Å². The summed E-state index contributed by atoms with van der Waals surface area (Å²) in [6.45, 7) is 0.939. The summed E-state index contributed by atoms with van der Waals surface area (Å²) < 4.78 is 0. The molecule has 0 saturated heterocycles. The van der Waals surface area contributed by atoms with Crippen molar-refractivity contribution in [1.82, 2.24) is 0 Å². The fourth-order valence-corrected chi connectivity index (χ4v) is 2.44. The maximum Gasteiger partial charge on any atom is 0.248 e. The molecule has 0 spiro atoms. The zero-order valence-electron chi connectivity index (χ0n) is 10.6. The van der Waals surface area contributed by atoms with E-state index in [1.165, 1.54) is 12.8 Å². The minimum atomic E-state index is -0.387. The van der Waals surface area contributed by atoms with Crippen LogP contribution in [0.15, 0.2) is 24.3 Å². The van der Waals surface area contributed by atoms with Gasteiger partial charge in [0.1, 0.15) is 0 Å². The van der Waals surface area contributed by atoms with E-state index in [-0.39, 0.29) is 5.91 Å². The highest BCUT2D eigenvalue weighted by molar-refractivity contribution is 5.93. The van der Waals surface area contributed by atoms with Crippen LogP contribution in [0.4, 0.5) is 5.69 Å². The molecule has 4 heteroatoms. The lowest BCUT2D eigenvalue weighted by molar-refractivity contribution is 0.100. The quantitative estimate of drug-likeness (QED) is 0.757. The lowest BCUT2D eigenvalue weighted by Gasteiger charge is -2.26. The maximum absolute atomic E-state index is 11.1. The molecule has 1 fully saturated rings. The van der Waals surface area contributed by atoms with Crippen molar-refractivity contribution in [2.75, 3.05) is 11.9 Å². The topological polar surface area (TPSA) is 81.1 Å². The zero-order valence-corrected chi connectivity index (χ0v) is 10.6. The monoisotopic (exact) mass is 247 g/mol. The average Bonchev–Trinajstić information content (AvgIpc) is 2.38. The van der Waals surface area contributed by atoms with E-state index in [1.807, 2.05) is 12.1 Å². The Hall–Kier alpha value is -1.55. The summed E-state index contributed by atoms with van der Waals surface area (Å²) in [6.07, 6.45) is 4.61. The molecule has 0 bridgehead atoms. The normalized spacial score (nSPS) is 23.6. The predicted molar refractivity (Wildman–Crippen MR) is 73.4 cm³/mol. The van der Waals surface area contributed by atoms with E-state index in [4.69, 9.17) is 11.5 Å². The predicted octanol–water partition coefficient (Wildman–Crippen LogP) is 1.71. The summed E-state index contributed by atoms with van der Waals surface area (Å²) in [5.74, 6) is 0.296. The van der Waals surface area contributed by atoms with Crippen molar-refractivity contribution in [3.05, 3.63) is 29.8 Å². The molecule has 1 aliphatic rings. The van der Waals surface area contributed by atoms with Crippen LogP contribution in [-0.4, -0.2) is 18.5 Å². The third kappa shape index (κ3) is 3.47. The molecule has 0 unspecified atom stereocenters. The molecule has 1 aromatic carbocycles. The van der Waals surface area contributed by atoms with Crippen molar-refractivity contribution in [3.63, 3.8) is 0 Å². The van der Waals surface area contributed by atoms with E-state index in [0.29, 0.717) is 17.5 Å². The van der Waals surface area contributed by atoms with Crippen molar-refractivity contribution >= 4 is 11.6 Å². The number of rotatable bonds is 4. The van der Waals surface area contributed by atoms with Crippen LogP contribution in [0.2, 0.25) is 0 Å². The number of amides is 1. The molecule has 98 valence electrons. The average molecular weight is 247 g/mol. The van der Waals surface area contributed by atoms with Crippen molar-refractivity contribution in [2.45, 2.75) is 31.7 Å². The van der Waals surface area contributed by atoms with Crippen LogP contribution in [0.3, 0.4) is 0 Å². The second-order valence-corrected chi connectivity index (χ2v) is 5.11. The molecule has 0 aromatic heterocycles. The van der Waals surface area contributed by atoms with Crippen LogP contribution >= 0.6 is 0 Å². The number of anilines is 1. The molecule has 0 aliphatic heterocycles. The first-order chi connectivity index (χ1) is 8.65. The Kier molecular flexibility index (Phi) is 4.20. The van der Waals surface area contributed by atoms with E-state index in [2.05, 4.69) is 5.32 Å². The first-order valence-electron chi connectivity index (χ1n) is 6.54. The molecule has 18 heavy (non-hydrogen) atoms. The van der Waals surface area contributed by atoms with E-state index in [1.54, 1.807) is 12.1 Å². The Morgan fingerprint density at radius 1 is 1.28 bits per heavy atom. The first kappa shape index (κ1) is 12.9. The molecule has 4 nitrogen and oxygen atoms in total. The lowest BCUT2D eigenvalue weighted by atomic mass is 9.86. The van der Waals surface area contributed by atoms with Crippen LogP contribution in [0.1, 0.15) is 36.0 Å². The summed E-state index contributed by atoms with van der Waals surface area (Å²) >= 11 is 0. The van der Waals surface area contributed by atoms with Crippen molar-refractivity contribution in [2.24, 2.45) is 17.4 Å². The SMILES string of the molecule is NC(=O)c1cccc(NC[C@H]2CC[C@H](N)CC2)c1. The Morgan fingerprint density at radius 3 is 2.67 bits per heavy atom. The van der Waals surface area contributed by atoms with Gasteiger partial charge in [0.2, 0.25) is 5.91 Å². The fourth-order valence-electron chi connectivity index (χ4n) is 2.44. The highest BCUT2D eigenvalue weighted by atomic mass is 16.1. The third-order valence-electron chi connectivity index (χ3n) is 3.63. The molecule has 1 amide bonds. The summed E-state index contributed by atoms with van der Waals surface area (Å²) in [5, 5.41) is 3.38. The first-order valence-corrected chi connectivity index (χ1v) is 6.54. The van der Waals surface area contributed by atoms with Gasteiger partial charge < -0.3 is 16.8 Å². The molecule has 0 heterocycles. The van der Waals surface area contributed by atoms with Gasteiger partial charge in [0, 0.05) is 23.8 Å². The van der Waals surface area contributed by atoms with Crippen molar-refractivity contribution in [1.29, 1.82) is 0 Å². The van der Waals surface area contributed by atoms with Crippen LogP contribution in [0.5, 0.6) is 0 Å². The highest BCUT2D eigenvalue weighted by Gasteiger charge is 2.18. The molecule has 1 aliphatic carbocycles. The van der Waals surface area contributed by atoms with E-state index < -0.39 is 0 Å². The van der Waals surface area contributed by atoms with E-state index >= 15 is 0 Å². The molecule has 2 rings (SSSR count). The van der Waals surface area contributed by atoms with Gasteiger partial charge in [-0.15, -0.1) is 0 Å². The molecular weight excluding hydrogens is 226 g/mol. The molecular formula is C14H21N3O. The van der Waals surface area contributed by atoms with Gasteiger partial charge in [-0.2, -0.15) is 0 Å². The van der Waals surface area contributed by atoms with Crippen LogP contribution in [0, 0.1) is 5.92 Å². The van der Waals surface area contributed by atoms with Crippen molar-refractivity contribution < 1.29 is 4.79 Å². The number of carbonyl (C=O) groups excluding carboxylic acids is 1. The molecule has 5 N–H and O–H groups in total. The molecule has 0 atom stereocenters. The highest BCUT2D eigenvalue weighted by Crippen LogP contribution is 2.23. The second kappa shape index (κ2) is 5.87. The summed E-state index contributed by atoms with van der Waals surface area (Å²) in [6, 6.07) is 7.73. The van der Waals surface area contributed by atoms with Gasteiger partial charge in [-0.1, -0.05) is 6.07 Å². The number of carbonyl (C=O) groups is 1.